The monoisotopic (exact) mass is 299 g/mol. The Kier molecular flexibility index (Phi) is 3.64. The Morgan fingerprint density at radius 2 is 2.00 bits per heavy atom. The second kappa shape index (κ2) is 5.48. The van der Waals surface area contributed by atoms with E-state index in [4.69, 9.17) is 4.74 Å². The number of nitrogens with zero attached hydrogens (tertiary/aromatic N) is 2. The minimum Gasteiger partial charge on any atom is -0.444 e. The second-order valence-electron chi connectivity index (χ2n) is 6.61. The summed E-state index contributed by atoms with van der Waals surface area (Å²) in [6.07, 6.45) is 0.490. The smallest absolute Gasteiger partial charge is 0.410 e. The maximum atomic E-state index is 12.1. The third-order valence-corrected chi connectivity index (χ3v) is 3.47. The van der Waals surface area contributed by atoms with E-state index in [1.807, 2.05) is 39.0 Å². The molecule has 1 N–H and O–H groups in total. The molecule has 1 aliphatic heterocycles. The van der Waals surface area contributed by atoms with Gasteiger partial charge in [-0.3, -0.25) is 4.90 Å². The molecule has 5 heteroatoms. The van der Waals surface area contributed by atoms with Gasteiger partial charge in [-0.1, -0.05) is 30.3 Å². The van der Waals surface area contributed by atoms with E-state index in [-0.39, 0.29) is 6.09 Å². The van der Waals surface area contributed by atoms with Crippen LogP contribution in [0.1, 0.15) is 43.5 Å². The SMILES string of the molecule is CC(C)(C)OC(=O)N1Cc2nc(Cc3ccccc3)[nH]c2C1. The number of aromatic nitrogens is 2. The zero-order valence-corrected chi connectivity index (χ0v) is 13.2. The molecular formula is C17H21N3O2. The van der Waals surface area contributed by atoms with Gasteiger partial charge in [0.2, 0.25) is 0 Å². The Bertz CT molecular complexity index is 647. The maximum absolute atomic E-state index is 12.1. The van der Waals surface area contributed by atoms with E-state index in [0.29, 0.717) is 13.1 Å². The largest absolute Gasteiger partial charge is 0.444 e. The average Bonchev–Trinajstić information content (AvgIpc) is 2.96. The van der Waals surface area contributed by atoms with Crippen LogP contribution in [0.5, 0.6) is 0 Å². The van der Waals surface area contributed by atoms with Gasteiger partial charge in [0.05, 0.1) is 24.5 Å². The Hall–Kier alpha value is -2.30. The number of hydrogen-bond donors (Lipinski definition) is 1. The van der Waals surface area contributed by atoms with Gasteiger partial charge in [-0.2, -0.15) is 0 Å². The lowest BCUT2D eigenvalue weighted by molar-refractivity contribution is 0.0238. The van der Waals surface area contributed by atoms with E-state index >= 15 is 0 Å². The molecule has 1 aromatic carbocycles. The molecule has 0 saturated carbocycles. The Morgan fingerprint density at radius 3 is 2.64 bits per heavy atom. The van der Waals surface area contributed by atoms with Crippen molar-refractivity contribution in [3.8, 4) is 0 Å². The van der Waals surface area contributed by atoms with Gasteiger partial charge >= 0.3 is 6.09 Å². The van der Waals surface area contributed by atoms with Crippen LogP contribution in [0, 0.1) is 0 Å². The third-order valence-electron chi connectivity index (χ3n) is 3.47. The lowest BCUT2D eigenvalue weighted by atomic mass is 10.1. The molecule has 1 amide bonds. The number of H-pyrrole nitrogens is 1. The molecule has 0 fully saturated rings. The summed E-state index contributed by atoms with van der Waals surface area (Å²) in [5.41, 5.74) is 2.70. The highest BCUT2D eigenvalue weighted by Crippen LogP contribution is 2.23. The number of aromatic amines is 1. The van der Waals surface area contributed by atoms with Gasteiger partial charge in [0.1, 0.15) is 11.4 Å². The van der Waals surface area contributed by atoms with Crippen LogP contribution >= 0.6 is 0 Å². The normalized spacial score (nSPS) is 14.0. The standard InChI is InChI=1S/C17H21N3O2/c1-17(2,3)22-16(21)20-10-13-14(11-20)19-15(18-13)9-12-7-5-4-6-8-12/h4-8H,9-11H2,1-3H3,(H,18,19). The molecule has 1 aliphatic rings. The molecule has 0 aliphatic carbocycles. The first-order valence-corrected chi connectivity index (χ1v) is 7.49. The molecule has 5 nitrogen and oxygen atoms in total. The zero-order chi connectivity index (χ0) is 15.7. The van der Waals surface area contributed by atoms with Gasteiger partial charge in [-0.05, 0) is 26.3 Å². The van der Waals surface area contributed by atoms with Gasteiger partial charge in [-0.25, -0.2) is 9.78 Å². The minimum absolute atomic E-state index is 0.288. The Morgan fingerprint density at radius 1 is 1.27 bits per heavy atom. The van der Waals surface area contributed by atoms with Crippen LogP contribution < -0.4 is 0 Å². The number of fused-ring (bicyclic) bond motifs is 1. The molecule has 3 rings (SSSR count). The van der Waals surface area contributed by atoms with Crippen molar-refractivity contribution in [2.45, 2.75) is 45.9 Å². The first kappa shape index (κ1) is 14.6. The van der Waals surface area contributed by atoms with Gasteiger partial charge in [-0.15, -0.1) is 0 Å². The summed E-state index contributed by atoms with van der Waals surface area (Å²) in [4.78, 5) is 21.7. The van der Waals surface area contributed by atoms with Crippen molar-refractivity contribution in [2.24, 2.45) is 0 Å². The highest BCUT2D eigenvalue weighted by atomic mass is 16.6. The molecule has 0 atom stereocenters. The summed E-state index contributed by atoms with van der Waals surface area (Å²) < 4.78 is 5.39. The quantitative estimate of drug-likeness (QED) is 0.926. The average molecular weight is 299 g/mol. The number of ether oxygens (including phenoxy) is 1. The molecule has 0 spiro atoms. The summed E-state index contributed by atoms with van der Waals surface area (Å²) in [7, 11) is 0. The van der Waals surface area contributed by atoms with E-state index < -0.39 is 5.60 Å². The van der Waals surface area contributed by atoms with E-state index in [9.17, 15) is 4.79 Å². The lowest BCUT2D eigenvalue weighted by Crippen LogP contribution is -2.33. The molecule has 2 heterocycles. The fourth-order valence-electron chi connectivity index (χ4n) is 2.52. The highest BCUT2D eigenvalue weighted by molar-refractivity contribution is 5.69. The van der Waals surface area contributed by atoms with Crippen molar-refractivity contribution in [3.63, 3.8) is 0 Å². The van der Waals surface area contributed by atoms with Crippen molar-refractivity contribution in [1.82, 2.24) is 14.9 Å². The third kappa shape index (κ3) is 3.30. The number of nitrogens with one attached hydrogen (secondary N) is 1. The van der Waals surface area contributed by atoms with Crippen molar-refractivity contribution >= 4 is 6.09 Å². The first-order valence-electron chi connectivity index (χ1n) is 7.49. The van der Waals surface area contributed by atoms with E-state index in [1.165, 1.54) is 5.56 Å². The second-order valence-corrected chi connectivity index (χ2v) is 6.61. The van der Waals surface area contributed by atoms with Gasteiger partial charge in [0.25, 0.3) is 0 Å². The molecular weight excluding hydrogens is 278 g/mol. The molecule has 116 valence electrons. The Labute approximate surface area is 130 Å². The van der Waals surface area contributed by atoms with E-state index in [1.54, 1.807) is 4.90 Å². The van der Waals surface area contributed by atoms with E-state index in [2.05, 4.69) is 22.1 Å². The number of rotatable bonds is 2. The minimum atomic E-state index is -0.473. The zero-order valence-electron chi connectivity index (χ0n) is 13.2. The van der Waals surface area contributed by atoms with E-state index in [0.717, 1.165) is 23.6 Å². The number of carbonyl (C=O) groups excluding carboxylic acids is 1. The topological polar surface area (TPSA) is 58.2 Å². The highest BCUT2D eigenvalue weighted by Gasteiger charge is 2.30. The number of carbonyl (C=O) groups is 1. The summed E-state index contributed by atoms with van der Waals surface area (Å²) in [6, 6.07) is 10.2. The fourth-order valence-corrected chi connectivity index (χ4v) is 2.52. The molecule has 0 unspecified atom stereocenters. The predicted molar refractivity (Wildman–Crippen MR) is 83.3 cm³/mol. The molecule has 0 bridgehead atoms. The van der Waals surface area contributed by atoms with Crippen molar-refractivity contribution in [2.75, 3.05) is 0 Å². The van der Waals surface area contributed by atoms with Crippen LogP contribution in [0.3, 0.4) is 0 Å². The predicted octanol–water partition coefficient (Wildman–Crippen LogP) is 3.25. The number of amides is 1. The molecule has 2 aromatic rings. The van der Waals surface area contributed by atoms with Crippen LogP contribution in [0.2, 0.25) is 0 Å². The van der Waals surface area contributed by atoms with Crippen LogP contribution in [0.15, 0.2) is 30.3 Å². The van der Waals surface area contributed by atoms with Crippen LogP contribution in [-0.2, 0) is 24.2 Å². The summed E-state index contributed by atoms with van der Waals surface area (Å²) in [5, 5.41) is 0. The molecule has 1 aromatic heterocycles. The van der Waals surface area contributed by atoms with Crippen LogP contribution in [0.25, 0.3) is 0 Å². The fraction of sp³-hybridized carbons (Fsp3) is 0.412. The van der Waals surface area contributed by atoms with Crippen LogP contribution in [0.4, 0.5) is 4.79 Å². The summed E-state index contributed by atoms with van der Waals surface area (Å²) >= 11 is 0. The van der Waals surface area contributed by atoms with Crippen molar-refractivity contribution in [1.29, 1.82) is 0 Å². The number of benzene rings is 1. The number of imidazole rings is 1. The maximum Gasteiger partial charge on any atom is 0.410 e. The number of hydrogen-bond acceptors (Lipinski definition) is 3. The van der Waals surface area contributed by atoms with Gasteiger partial charge in [0, 0.05) is 6.42 Å². The van der Waals surface area contributed by atoms with Gasteiger partial charge < -0.3 is 9.72 Å². The molecule has 0 saturated heterocycles. The molecule has 22 heavy (non-hydrogen) atoms. The van der Waals surface area contributed by atoms with Gasteiger partial charge in [0.15, 0.2) is 0 Å². The lowest BCUT2D eigenvalue weighted by Gasteiger charge is -2.24. The summed E-state index contributed by atoms with van der Waals surface area (Å²) in [5.74, 6) is 0.944. The van der Waals surface area contributed by atoms with Crippen molar-refractivity contribution in [3.05, 3.63) is 53.1 Å². The van der Waals surface area contributed by atoms with Crippen molar-refractivity contribution < 1.29 is 9.53 Å². The Balaban J connectivity index is 1.64. The summed E-state index contributed by atoms with van der Waals surface area (Å²) in [6.45, 7) is 6.66. The first-order chi connectivity index (χ1) is 10.4. The molecule has 0 radical (unpaired) electrons. The van der Waals surface area contributed by atoms with Crippen LogP contribution in [-0.4, -0.2) is 26.6 Å².